The van der Waals surface area contributed by atoms with Crippen LogP contribution in [-0.4, -0.2) is 72.7 Å². The number of alkyl carbamates (subject to hydrolysis) is 1. The van der Waals surface area contributed by atoms with Gasteiger partial charge in [0.2, 0.25) is 5.95 Å². The first kappa shape index (κ1) is 30.3. The highest BCUT2D eigenvalue weighted by Crippen LogP contribution is 2.42. The SMILES string of the molecule is COC(=O)N[C@@H](C)CNc1nccc(-c2sc(-c3ccccc3)nc2-c2cccc(NS(=O)(=O)N3CC[C@@H](F)C3)c2F)n1. The first-order valence-corrected chi connectivity index (χ1v) is 15.6. The quantitative estimate of drug-likeness (QED) is 0.225. The van der Waals surface area contributed by atoms with Crippen molar-refractivity contribution in [1.82, 2.24) is 24.6 Å². The molecule has 5 rings (SSSR count). The van der Waals surface area contributed by atoms with Crippen molar-refractivity contribution >= 4 is 39.3 Å². The third-order valence-electron chi connectivity index (χ3n) is 6.58. The second-order valence-corrected chi connectivity index (χ2v) is 12.4. The Hall–Kier alpha value is -4.21. The van der Waals surface area contributed by atoms with E-state index in [2.05, 4.69) is 30.1 Å². The molecule has 0 radical (unpaired) electrons. The summed E-state index contributed by atoms with van der Waals surface area (Å²) in [7, 11) is -2.90. The zero-order chi connectivity index (χ0) is 30.6. The Morgan fingerprint density at radius 3 is 2.67 bits per heavy atom. The molecule has 3 N–H and O–H groups in total. The number of nitrogens with zero attached hydrogens (tertiary/aromatic N) is 4. The Kier molecular flexibility index (Phi) is 9.13. The van der Waals surface area contributed by atoms with Gasteiger partial charge in [-0.25, -0.2) is 28.5 Å². The third-order valence-corrected chi connectivity index (χ3v) is 9.19. The molecule has 0 bridgehead atoms. The van der Waals surface area contributed by atoms with E-state index in [4.69, 9.17) is 4.98 Å². The number of ether oxygens (including phenoxy) is 1. The van der Waals surface area contributed by atoms with Crippen LogP contribution in [0.5, 0.6) is 0 Å². The number of carbonyl (C=O) groups excluding carboxylic acids is 1. The van der Waals surface area contributed by atoms with Crippen LogP contribution < -0.4 is 15.4 Å². The standard InChI is InChI=1S/C28H29F2N7O4S2/c1-17(33-28(38)41-2)15-32-27-31-13-11-22(34-27)25-24(35-26(42-25)18-7-4-3-5-8-18)20-9-6-10-21(23(20)30)36-43(39,40)37-14-12-19(29)16-37/h3-11,13,17,19,36H,12,14-16H2,1-2H3,(H,33,38)(H,31,32,34)/t17-,19+/m0/s1. The highest BCUT2D eigenvalue weighted by atomic mass is 32.2. The zero-order valence-corrected chi connectivity index (χ0v) is 24.9. The summed E-state index contributed by atoms with van der Waals surface area (Å²) in [6, 6.07) is 15.1. The van der Waals surface area contributed by atoms with Gasteiger partial charge in [-0.2, -0.15) is 12.7 Å². The maximum atomic E-state index is 16.0. The number of anilines is 2. The summed E-state index contributed by atoms with van der Waals surface area (Å²) in [6.07, 6.45) is -0.194. The van der Waals surface area contributed by atoms with Crippen molar-refractivity contribution in [2.45, 2.75) is 25.6 Å². The third kappa shape index (κ3) is 7.06. The van der Waals surface area contributed by atoms with Gasteiger partial charge >= 0.3 is 16.3 Å². The van der Waals surface area contributed by atoms with Gasteiger partial charge in [-0.1, -0.05) is 36.4 Å². The van der Waals surface area contributed by atoms with Crippen molar-refractivity contribution < 1.29 is 26.7 Å². The second-order valence-electron chi connectivity index (χ2n) is 9.76. The van der Waals surface area contributed by atoms with Gasteiger partial charge in [0.1, 0.15) is 11.2 Å². The van der Waals surface area contributed by atoms with Gasteiger partial charge in [-0.3, -0.25) is 4.72 Å². The Morgan fingerprint density at radius 1 is 1.16 bits per heavy atom. The number of benzene rings is 2. The molecule has 226 valence electrons. The number of hydrogen-bond acceptors (Lipinski definition) is 9. The molecule has 1 saturated heterocycles. The molecule has 2 aromatic carbocycles. The van der Waals surface area contributed by atoms with E-state index in [-0.39, 0.29) is 48.4 Å². The van der Waals surface area contributed by atoms with Gasteiger partial charge < -0.3 is 15.4 Å². The summed E-state index contributed by atoms with van der Waals surface area (Å²) in [5.41, 5.74) is 1.30. The lowest BCUT2D eigenvalue weighted by Gasteiger charge is -2.18. The molecule has 3 heterocycles. The molecule has 11 nitrogen and oxygen atoms in total. The zero-order valence-electron chi connectivity index (χ0n) is 23.3. The molecule has 43 heavy (non-hydrogen) atoms. The number of methoxy groups -OCH3 is 1. The van der Waals surface area contributed by atoms with Crippen LogP contribution in [0.3, 0.4) is 0 Å². The van der Waals surface area contributed by atoms with E-state index in [1.165, 1.54) is 36.6 Å². The molecule has 1 aliphatic rings. The minimum absolute atomic E-state index is 0.0100. The maximum absolute atomic E-state index is 16.0. The topological polar surface area (TPSA) is 138 Å². The summed E-state index contributed by atoms with van der Waals surface area (Å²) in [6.45, 7) is 1.82. The van der Waals surface area contributed by atoms with E-state index in [1.807, 2.05) is 30.3 Å². The number of rotatable bonds is 10. The van der Waals surface area contributed by atoms with Crippen molar-refractivity contribution in [3.63, 3.8) is 0 Å². The van der Waals surface area contributed by atoms with Crippen LogP contribution in [0.4, 0.5) is 25.2 Å². The van der Waals surface area contributed by atoms with E-state index < -0.39 is 28.3 Å². The van der Waals surface area contributed by atoms with Crippen molar-refractivity contribution in [2.75, 3.05) is 36.8 Å². The second kappa shape index (κ2) is 13.0. The fourth-order valence-corrected chi connectivity index (χ4v) is 6.73. The van der Waals surface area contributed by atoms with Crippen LogP contribution in [0, 0.1) is 5.82 Å². The number of nitrogens with one attached hydrogen (secondary N) is 3. The van der Waals surface area contributed by atoms with Crippen molar-refractivity contribution in [1.29, 1.82) is 0 Å². The lowest BCUT2D eigenvalue weighted by molar-refractivity contribution is 0.168. The summed E-state index contributed by atoms with van der Waals surface area (Å²) in [5, 5.41) is 6.32. The van der Waals surface area contributed by atoms with Crippen LogP contribution in [0.25, 0.3) is 32.4 Å². The molecule has 0 spiro atoms. The Bertz CT molecular complexity index is 1710. The molecule has 2 atom stereocenters. The first-order chi connectivity index (χ1) is 20.6. The van der Waals surface area contributed by atoms with Crippen molar-refractivity contribution in [2.24, 2.45) is 0 Å². The number of carbonyl (C=O) groups is 1. The normalized spacial score (nSPS) is 16.0. The number of thiazole rings is 1. The highest BCUT2D eigenvalue weighted by molar-refractivity contribution is 7.90. The van der Waals surface area contributed by atoms with E-state index in [0.717, 1.165) is 9.87 Å². The van der Waals surface area contributed by atoms with E-state index in [0.29, 0.717) is 22.1 Å². The van der Waals surface area contributed by atoms with E-state index in [9.17, 15) is 17.6 Å². The summed E-state index contributed by atoms with van der Waals surface area (Å²) >= 11 is 1.30. The number of amides is 1. The molecule has 4 aromatic rings. The first-order valence-electron chi connectivity index (χ1n) is 13.3. The predicted octanol–water partition coefficient (Wildman–Crippen LogP) is 4.93. The number of aromatic nitrogens is 3. The van der Waals surface area contributed by atoms with Crippen LogP contribution in [0.15, 0.2) is 60.8 Å². The maximum Gasteiger partial charge on any atom is 0.407 e. The Labute approximate surface area is 251 Å². The minimum Gasteiger partial charge on any atom is -0.453 e. The number of alkyl halides is 1. The largest absolute Gasteiger partial charge is 0.453 e. The molecule has 1 fully saturated rings. The molecule has 1 aliphatic heterocycles. The summed E-state index contributed by atoms with van der Waals surface area (Å²) in [4.78, 5) is 25.6. The smallest absolute Gasteiger partial charge is 0.407 e. The molecule has 0 saturated carbocycles. The highest BCUT2D eigenvalue weighted by Gasteiger charge is 2.32. The molecule has 15 heteroatoms. The molecular formula is C28H29F2N7O4S2. The monoisotopic (exact) mass is 629 g/mol. The van der Waals surface area contributed by atoms with Gasteiger partial charge in [-0.05, 0) is 31.5 Å². The van der Waals surface area contributed by atoms with Gasteiger partial charge in [-0.15, -0.1) is 11.3 Å². The molecule has 1 amide bonds. The Balaban J connectivity index is 1.50. The average molecular weight is 630 g/mol. The van der Waals surface area contributed by atoms with Gasteiger partial charge in [0, 0.05) is 43.0 Å². The summed E-state index contributed by atoms with van der Waals surface area (Å²) in [5.74, 6) is -0.557. The molecule has 2 aromatic heterocycles. The number of halogens is 2. The molecule has 0 unspecified atom stereocenters. The lowest BCUT2D eigenvalue weighted by Crippen LogP contribution is -2.37. The van der Waals surface area contributed by atoms with Crippen molar-refractivity contribution in [3.05, 3.63) is 66.6 Å². The average Bonchev–Trinajstić information content (AvgIpc) is 3.65. The molecule has 0 aliphatic carbocycles. The summed E-state index contributed by atoms with van der Waals surface area (Å²) < 4.78 is 63.3. The molecular weight excluding hydrogens is 600 g/mol. The van der Waals surface area contributed by atoms with Gasteiger partial charge in [0.05, 0.1) is 29.1 Å². The van der Waals surface area contributed by atoms with Crippen LogP contribution in [0.1, 0.15) is 13.3 Å². The van der Waals surface area contributed by atoms with Gasteiger partial charge in [0.15, 0.2) is 5.82 Å². The van der Waals surface area contributed by atoms with Gasteiger partial charge in [0.25, 0.3) is 0 Å². The van der Waals surface area contributed by atoms with Crippen molar-refractivity contribution in [3.8, 4) is 32.4 Å². The Morgan fingerprint density at radius 2 is 1.95 bits per heavy atom. The van der Waals surface area contributed by atoms with E-state index >= 15 is 4.39 Å². The number of hydrogen-bond donors (Lipinski definition) is 3. The van der Waals surface area contributed by atoms with Crippen LogP contribution >= 0.6 is 11.3 Å². The van der Waals surface area contributed by atoms with E-state index in [1.54, 1.807) is 19.2 Å². The fraction of sp³-hybridized carbons (Fsp3) is 0.286. The van der Waals surface area contributed by atoms with Crippen LogP contribution in [0.2, 0.25) is 0 Å². The lowest BCUT2D eigenvalue weighted by atomic mass is 10.1. The fourth-order valence-electron chi connectivity index (χ4n) is 4.41. The minimum atomic E-state index is -4.17. The predicted molar refractivity (Wildman–Crippen MR) is 161 cm³/mol. The van der Waals surface area contributed by atoms with Crippen LogP contribution in [-0.2, 0) is 14.9 Å².